The molecule has 3 aromatic carbocycles. The van der Waals surface area contributed by atoms with Gasteiger partial charge in [0.1, 0.15) is 18.3 Å². The molecule has 0 bridgehead atoms. The molecule has 13 heteroatoms. The monoisotopic (exact) mass is 651 g/mol. The predicted octanol–water partition coefficient (Wildman–Crippen LogP) is 6.04. The molecule has 44 heavy (non-hydrogen) atoms. The second kappa shape index (κ2) is 13.9. The van der Waals surface area contributed by atoms with Crippen molar-refractivity contribution in [2.75, 3.05) is 18.0 Å². The molecule has 1 saturated carbocycles. The number of halogens is 4. The van der Waals surface area contributed by atoms with Crippen LogP contribution in [0.5, 0.6) is 5.75 Å². The Morgan fingerprint density at radius 2 is 1.66 bits per heavy atom. The van der Waals surface area contributed by atoms with Crippen LogP contribution in [0.2, 0.25) is 5.02 Å². The first-order valence-electron chi connectivity index (χ1n) is 14.0. The summed E-state index contributed by atoms with van der Waals surface area (Å²) < 4.78 is 74.8. The highest BCUT2D eigenvalue weighted by molar-refractivity contribution is 7.92. The molecule has 0 aliphatic heterocycles. The number of carbonyl (C=O) groups is 2. The smallest absolute Gasteiger partial charge is 0.417 e. The molecule has 1 N–H and O–H groups in total. The second-order valence-electron chi connectivity index (χ2n) is 10.5. The summed E-state index contributed by atoms with van der Waals surface area (Å²) >= 11 is 5.81. The molecule has 0 heterocycles. The van der Waals surface area contributed by atoms with E-state index in [-0.39, 0.29) is 17.5 Å². The topological polar surface area (TPSA) is 96.0 Å². The zero-order valence-electron chi connectivity index (χ0n) is 24.2. The van der Waals surface area contributed by atoms with Gasteiger partial charge in [-0.25, -0.2) is 8.42 Å². The minimum Gasteiger partial charge on any atom is -0.497 e. The van der Waals surface area contributed by atoms with Crippen molar-refractivity contribution < 1.29 is 35.9 Å². The van der Waals surface area contributed by atoms with Crippen LogP contribution in [0.1, 0.15) is 43.7 Å². The average Bonchev–Trinajstić information content (AvgIpc) is 3.51. The van der Waals surface area contributed by atoms with E-state index in [1.54, 1.807) is 30.3 Å². The molecule has 0 unspecified atom stereocenters. The van der Waals surface area contributed by atoms with E-state index in [0.717, 1.165) is 37.8 Å². The molecule has 3 aromatic rings. The average molecular weight is 652 g/mol. The number of ether oxygens (including phenoxy) is 1. The van der Waals surface area contributed by atoms with Crippen molar-refractivity contribution in [1.82, 2.24) is 10.2 Å². The molecule has 1 fully saturated rings. The molecular weight excluding hydrogens is 619 g/mol. The fourth-order valence-corrected chi connectivity index (χ4v) is 6.69. The van der Waals surface area contributed by atoms with E-state index in [2.05, 4.69) is 5.32 Å². The van der Waals surface area contributed by atoms with Crippen molar-refractivity contribution in [3.8, 4) is 5.75 Å². The van der Waals surface area contributed by atoms with Crippen molar-refractivity contribution in [3.05, 3.63) is 88.9 Å². The van der Waals surface area contributed by atoms with Crippen LogP contribution in [0.15, 0.2) is 77.7 Å². The number of anilines is 1. The Morgan fingerprint density at radius 1 is 1.02 bits per heavy atom. The summed E-state index contributed by atoms with van der Waals surface area (Å²) in [6.45, 7) is 0.578. The number of benzene rings is 3. The van der Waals surface area contributed by atoms with Crippen molar-refractivity contribution in [1.29, 1.82) is 0 Å². The number of alkyl halides is 3. The lowest BCUT2D eigenvalue weighted by Gasteiger charge is -2.32. The van der Waals surface area contributed by atoms with Gasteiger partial charge in [0.15, 0.2) is 0 Å². The van der Waals surface area contributed by atoms with Crippen LogP contribution >= 0.6 is 11.6 Å². The number of sulfonamides is 1. The van der Waals surface area contributed by atoms with Crippen LogP contribution in [-0.4, -0.2) is 50.9 Å². The van der Waals surface area contributed by atoms with Gasteiger partial charge in [-0.05, 0) is 67.8 Å². The number of hydrogen-bond acceptors (Lipinski definition) is 5. The van der Waals surface area contributed by atoms with Crippen molar-refractivity contribution in [2.45, 2.75) is 62.3 Å². The summed E-state index contributed by atoms with van der Waals surface area (Å²) in [5.41, 5.74) is -1.04. The number of amides is 2. The quantitative estimate of drug-likeness (QED) is 0.273. The largest absolute Gasteiger partial charge is 0.497 e. The number of hydrogen-bond donors (Lipinski definition) is 1. The minimum atomic E-state index is -4.88. The van der Waals surface area contributed by atoms with Crippen molar-refractivity contribution >= 4 is 39.1 Å². The Kier molecular flexibility index (Phi) is 10.5. The highest BCUT2D eigenvalue weighted by Gasteiger charge is 2.37. The van der Waals surface area contributed by atoms with Crippen molar-refractivity contribution in [3.63, 3.8) is 0 Å². The van der Waals surface area contributed by atoms with Crippen LogP contribution in [0.4, 0.5) is 18.9 Å². The highest BCUT2D eigenvalue weighted by Crippen LogP contribution is 2.38. The molecule has 0 saturated heterocycles. The maximum atomic E-state index is 14.0. The van der Waals surface area contributed by atoms with Gasteiger partial charge in [-0.1, -0.05) is 54.8 Å². The zero-order chi connectivity index (χ0) is 32.1. The molecule has 1 aliphatic carbocycles. The van der Waals surface area contributed by atoms with Gasteiger partial charge in [0.2, 0.25) is 11.8 Å². The number of nitrogens with one attached hydrogen (secondary N) is 1. The van der Waals surface area contributed by atoms with E-state index >= 15 is 0 Å². The van der Waals surface area contributed by atoms with Gasteiger partial charge < -0.3 is 15.0 Å². The van der Waals surface area contributed by atoms with E-state index < -0.39 is 56.9 Å². The van der Waals surface area contributed by atoms with Crippen LogP contribution in [0.25, 0.3) is 0 Å². The Morgan fingerprint density at radius 3 is 2.25 bits per heavy atom. The first kappa shape index (κ1) is 33.1. The third-order valence-electron chi connectivity index (χ3n) is 7.53. The lowest BCUT2D eigenvalue weighted by Crippen LogP contribution is -2.52. The van der Waals surface area contributed by atoms with Gasteiger partial charge >= 0.3 is 6.18 Å². The third-order valence-corrected chi connectivity index (χ3v) is 9.65. The fraction of sp³-hybridized carbons (Fsp3) is 0.355. The minimum absolute atomic E-state index is 0.0345. The summed E-state index contributed by atoms with van der Waals surface area (Å²) in [6.07, 6.45) is -1.31. The Balaban J connectivity index is 1.74. The van der Waals surface area contributed by atoms with Gasteiger partial charge in [0.05, 0.1) is 28.3 Å². The van der Waals surface area contributed by atoms with Gasteiger partial charge in [-0.3, -0.25) is 13.9 Å². The van der Waals surface area contributed by atoms with Gasteiger partial charge in [-0.15, -0.1) is 0 Å². The number of rotatable bonds is 11. The third kappa shape index (κ3) is 7.84. The number of methoxy groups -OCH3 is 1. The zero-order valence-corrected chi connectivity index (χ0v) is 25.8. The maximum absolute atomic E-state index is 14.0. The Labute approximate surface area is 259 Å². The maximum Gasteiger partial charge on any atom is 0.417 e. The van der Waals surface area contributed by atoms with E-state index in [0.29, 0.717) is 21.7 Å². The molecule has 2 amide bonds. The summed E-state index contributed by atoms with van der Waals surface area (Å²) in [7, 11) is -3.04. The standard InChI is InChI=1S/C31H33ClF3N3O5S/c1-21(30(40)36-23-8-6-7-9-23)37(19-22-12-15-25(43-2)16-13-22)29(39)20-38(44(41,42)26-10-4-3-5-11-26)24-14-17-28(32)27(18-24)31(33,34)35/h3-5,10-18,21,23H,6-9,19-20H2,1-2H3,(H,36,40)/t21-/m0/s1. The van der Waals surface area contributed by atoms with Crippen LogP contribution in [0, 0.1) is 0 Å². The van der Waals surface area contributed by atoms with Gasteiger partial charge in [0.25, 0.3) is 10.0 Å². The van der Waals surface area contributed by atoms with Crippen LogP contribution in [-0.2, 0) is 32.3 Å². The summed E-state index contributed by atoms with van der Waals surface area (Å²) in [6, 6.07) is 15.4. The molecule has 1 aliphatic rings. The van der Waals surface area contributed by atoms with E-state index in [1.807, 2.05) is 0 Å². The van der Waals surface area contributed by atoms with E-state index in [9.17, 15) is 31.2 Å². The van der Waals surface area contributed by atoms with Gasteiger partial charge in [-0.2, -0.15) is 13.2 Å². The molecule has 0 spiro atoms. The normalized spacial score (nSPS) is 14.6. The van der Waals surface area contributed by atoms with Crippen LogP contribution < -0.4 is 14.4 Å². The highest BCUT2D eigenvalue weighted by atomic mass is 35.5. The summed E-state index contributed by atoms with van der Waals surface area (Å²) in [5.74, 6) is -0.637. The molecule has 0 radical (unpaired) electrons. The fourth-order valence-electron chi connectivity index (χ4n) is 5.04. The lowest BCUT2D eigenvalue weighted by atomic mass is 10.1. The Bertz CT molecular complexity index is 1560. The summed E-state index contributed by atoms with van der Waals surface area (Å²) in [5, 5.41) is 2.34. The molecule has 4 rings (SSSR count). The summed E-state index contributed by atoms with van der Waals surface area (Å²) in [4.78, 5) is 28.3. The molecular formula is C31H33ClF3N3O5S. The van der Waals surface area contributed by atoms with Crippen molar-refractivity contribution in [2.24, 2.45) is 0 Å². The van der Waals surface area contributed by atoms with E-state index in [4.69, 9.17) is 16.3 Å². The second-order valence-corrected chi connectivity index (χ2v) is 12.8. The Hall–Kier alpha value is -3.77. The first-order chi connectivity index (χ1) is 20.8. The van der Waals surface area contributed by atoms with Crippen LogP contribution in [0.3, 0.4) is 0 Å². The van der Waals surface area contributed by atoms with E-state index in [1.165, 1.54) is 43.2 Å². The molecule has 1 atom stereocenters. The molecule has 8 nitrogen and oxygen atoms in total. The molecule has 0 aromatic heterocycles. The predicted molar refractivity (Wildman–Crippen MR) is 161 cm³/mol. The molecule has 236 valence electrons. The first-order valence-corrected chi connectivity index (χ1v) is 15.8. The number of carbonyl (C=O) groups excluding carboxylic acids is 2. The van der Waals surface area contributed by atoms with Gasteiger partial charge in [0, 0.05) is 12.6 Å². The SMILES string of the molecule is COc1ccc(CN(C(=O)CN(c2ccc(Cl)c(C(F)(F)F)c2)S(=O)(=O)c2ccccc2)[C@@H](C)C(=O)NC2CCCC2)cc1. The number of nitrogens with zero attached hydrogens (tertiary/aromatic N) is 2. The lowest BCUT2D eigenvalue weighted by molar-refractivity contribution is -0.139.